The van der Waals surface area contributed by atoms with E-state index in [4.69, 9.17) is 9.47 Å². The Bertz CT molecular complexity index is 1260. The van der Waals surface area contributed by atoms with Crippen LogP contribution in [0.5, 0.6) is 11.5 Å². The van der Waals surface area contributed by atoms with Gasteiger partial charge in [0.2, 0.25) is 0 Å². The number of aromatic nitrogens is 1. The number of nitrogens with one attached hydrogen (secondary N) is 1. The molecule has 0 aliphatic carbocycles. The van der Waals surface area contributed by atoms with E-state index in [1.54, 1.807) is 37.6 Å². The number of fused-ring (bicyclic) bond motifs is 2. The second kappa shape index (κ2) is 14.7. The van der Waals surface area contributed by atoms with Crippen LogP contribution in [0.25, 0.3) is 10.9 Å². The Morgan fingerprint density at radius 1 is 0.900 bits per heavy atom. The number of imide groups is 1. The number of pyridine rings is 1. The molecular weight excluding hydrogens is 502 g/mol. The number of nitrogens with zero attached hydrogens (tertiary/aromatic N) is 2. The quantitative estimate of drug-likeness (QED) is 0.139. The summed E-state index contributed by atoms with van der Waals surface area (Å²) in [7, 11) is 1.66. The summed E-state index contributed by atoms with van der Waals surface area (Å²) in [4.78, 5) is 31.3. The van der Waals surface area contributed by atoms with Gasteiger partial charge in [-0.2, -0.15) is 0 Å². The fourth-order valence-corrected chi connectivity index (χ4v) is 5.36. The van der Waals surface area contributed by atoms with Gasteiger partial charge in [-0.25, -0.2) is 0 Å². The van der Waals surface area contributed by atoms with Crippen LogP contribution < -0.4 is 14.8 Å². The average Bonchev–Trinajstić information content (AvgIpc) is 3.21. The molecule has 1 aliphatic rings. The lowest BCUT2D eigenvalue weighted by Crippen LogP contribution is -2.31. The SMILES string of the molecule is CCCCCCCCCCOc1c(OC)cc(NC(C)CCCN2C(=O)c3ccccc3C2=O)c2ncccc12. The summed E-state index contributed by atoms with van der Waals surface area (Å²) < 4.78 is 12.0. The summed E-state index contributed by atoms with van der Waals surface area (Å²) in [6, 6.07) is 13.0. The second-order valence-corrected chi connectivity index (χ2v) is 10.7. The van der Waals surface area contributed by atoms with Crippen molar-refractivity contribution in [2.45, 2.75) is 84.1 Å². The molecule has 0 spiro atoms. The van der Waals surface area contributed by atoms with Gasteiger partial charge in [0.15, 0.2) is 11.5 Å². The van der Waals surface area contributed by atoms with Crippen LogP contribution in [-0.2, 0) is 0 Å². The number of unbranched alkanes of at least 4 members (excludes halogenated alkanes) is 7. The molecule has 214 valence electrons. The fraction of sp³-hybridized carbons (Fsp3) is 0.485. The Morgan fingerprint density at radius 2 is 1.57 bits per heavy atom. The number of benzene rings is 2. The lowest BCUT2D eigenvalue weighted by Gasteiger charge is -2.21. The fourth-order valence-electron chi connectivity index (χ4n) is 5.36. The van der Waals surface area contributed by atoms with Crippen molar-refractivity contribution in [2.75, 3.05) is 25.6 Å². The van der Waals surface area contributed by atoms with Gasteiger partial charge in [-0.1, -0.05) is 64.0 Å². The molecule has 7 heteroatoms. The van der Waals surface area contributed by atoms with Crippen LogP contribution >= 0.6 is 0 Å². The first kappa shape index (κ1) is 29.4. The zero-order valence-corrected chi connectivity index (χ0v) is 24.2. The summed E-state index contributed by atoms with van der Waals surface area (Å²) in [6.45, 7) is 5.39. The highest BCUT2D eigenvalue weighted by Crippen LogP contribution is 2.40. The smallest absolute Gasteiger partial charge is 0.261 e. The van der Waals surface area contributed by atoms with Crippen molar-refractivity contribution < 1.29 is 19.1 Å². The topological polar surface area (TPSA) is 80.8 Å². The Balaban J connectivity index is 1.32. The lowest BCUT2D eigenvalue weighted by atomic mass is 10.1. The van der Waals surface area contributed by atoms with Crippen LogP contribution in [0, 0.1) is 0 Å². The number of hydrogen-bond acceptors (Lipinski definition) is 6. The molecule has 1 atom stereocenters. The summed E-state index contributed by atoms with van der Waals surface area (Å²) in [5.74, 6) is 1.01. The maximum atomic E-state index is 12.7. The summed E-state index contributed by atoms with van der Waals surface area (Å²) >= 11 is 0. The third kappa shape index (κ3) is 7.12. The Kier molecular flexibility index (Phi) is 10.8. The molecule has 2 heterocycles. The van der Waals surface area contributed by atoms with Crippen molar-refractivity contribution in [3.05, 3.63) is 59.8 Å². The summed E-state index contributed by atoms with van der Waals surface area (Å²) in [5.41, 5.74) is 2.70. The first-order valence-corrected chi connectivity index (χ1v) is 14.9. The maximum absolute atomic E-state index is 12.7. The van der Waals surface area contributed by atoms with Gasteiger partial charge >= 0.3 is 0 Å². The van der Waals surface area contributed by atoms with Gasteiger partial charge in [0.1, 0.15) is 0 Å². The summed E-state index contributed by atoms with van der Waals surface area (Å²) in [5, 5.41) is 4.49. The van der Waals surface area contributed by atoms with Crippen LogP contribution in [0.2, 0.25) is 0 Å². The lowest BCUT2D eigenvalue weighted by molar-refractivity contribution is 0.0651. The van der Waals surface area contributed by atoms with E-state index >= 15 is 0 Å². The first-order valence-electron chi connectivity index (χ1n) is 14.9. The maximum Gasteiger partial charge on any atom is 0.261 e. The molecule has 40 heavy (non-hydrogen) atoms. The predicted octanol–water partition coefficient (Wildman–Crippen LogP) is 7.64. The minimum atomic E-state index is -0.205. The molecule has 1 aromatic heterocycles. The molecule has 2 amide bonds. The number of ether oxygens (including phenoxy) is 2. The molecule has 2 aromatic carbocycles. The van der Waals surface area contributed by atoms with Gasteiger partial charge in [-0.15, -0.1) is 0 Å². The number of rotatable bonds is 17. The van der Waals surface area contributed by atoms with Crippen LogP contribution in [0.3, 0.4) is 0 Å². The molecule has 1 N–H and O–H groups in total. The van der Waals surface area contributed by atoms with Gasteiger partial charge < -0.3 is 14.8 Å². The zero-order valence-electron chi connectivity index (χ0n) is 24.2. The molecule has 0 bridgehead atoms. The molecule has 1 unspecified atom stereocenters. The molecule has 7 nitrogen and oxygen atoms in total. The molecule has 0 fully saturated rings. The van der Waals surface area contributed by atoms with Crippen molar-refractivity contribution in [1.29, 1.82) is 0 Å². The van der Waals surface area contributed by atoms with E-state index in [0.29, 0.717) is 36.4 Å². The van der Waals surface area contributed by atoms with E-state index in [2.05, 4.69) is 24.1 Å². The zero-order chi connectivity index (χ0) is 28.3. The van der Waals surface area contributed by atoms with Crippen molar-refractivity contribution in [1.82, 2.24) is 9.88 Å². The van der Waals surface area contributed by atoms with Crippen molar-refractivity contribution >= 4 is 28.4 Å². The minimum absolute atomic E-state index is 0.0918. The number of carbonyl (C=O) groups is 2. The van der Waals surface area contributed by atoms with E-state index < -0.39 is 0 Å². The molecule has 0 saturated heterocycles. The first-order chi connectivity index (χ1) is 19.5. The van der Waals surface area contributed by atoms with E-state index in [1.165, 1.54) is 49.8 Å². The normalized spacial score (nSPS) is 13.5. The van der Waals surface area contributed by atoms with Crippen molar-refractivity contribution in [2.24, 2.45) is 0 Å². The van der Waals surface area contributed by atoms with Crippen LogP contribution in [-0.4, -0.2) is 48.0 Å². The van der Waals surface area contributed by atoms with E-state index in [0.717, 1.165) is 35.2 Å². The molecule has 0 radical (unpaired) electrons. The van der Waals surface area contributed by atoms with Gasteiger partial charge in [0.05, 0.1) is 36.0 Å². The predicted molar refractivity (Wildman–Crippen MR) is 161 cm³/mol. The van der Waals surface area contributed by atoms with Crippen LogP contribution in [0.4, 0.5) is 5.69 Å². The van der Waals surface area contributed by atoms with Crippen molar-refractivity contribution in [3.8, 4) is 11.5 Å². The van der Waals surface area contributed by atoms with Crippen LogP contribution in [0.1, 0.15) is 98.8 Å². The minimum Gasteiger partial charge on any atom is -0.493 e. The third-order valence-corrected chi connectivity index (χ3v) is 7.57. The van der Waals surface area contributed by atoms with Gasteiger partial charge in [-0.05, 0) is 50.5 Å². The molecule has 4 rings (SSSR count). The Hall–Kier alpha value is -3.61. The highest BCUT2D eigenvalue weighted by molar-refractivity contribution is 6.21. The standard InChI is InChI=1S/C33H43N3O4/c1-4-5-6-7-8-9-10-13-22-40-31-27-19-14-20-34-30(27)28(23-29(31)39-3)35-24(2)16-15-21-36-32(37)25-17-11-12-18-26(25)33(36)38/h11-12,14,17-20,23-24,35H,4-10,13,15-16,21-22H2,1-3H3. The highest BCUT2D eigenvalue weighted by Gasteiger charge is 2.34. The van der Waals surface area contributed by atoms with Gasteiger partial charge in [-0.3, -0.25) is 19.5 Å². The summed E-state index contributed by atoms with van der Waals surface area (Å²) in [6.07, 6.45) is 13.3. The monoisotopic (exact) mass is 545 g/mol. The van der Waals surface area contributed by atoms with E-state index in [9.17, 15) is 9.59 Å². The Labute approximate surface area is 238 Å². The number of methoxy groups -OCH3 is 1. The largest absolute Gasteiger partial charge is 0.493 e. The molecule has 3 aromatic rings. The molecule has 0 saturated carbocycles. The van der Waals surface area contributed by atoms with E-state index in [1.807, 2.05) is 18.2 Å². The average molecular weight is 546 g/mol. The molecule has 1 aliphatic heterocycles. The number of amides is 2. The highest BCUT2D eigenvalue weighted by atomic mass is 16.5. The van der Waals surface area contributed by atoms with Crippen LogP contribution in [0.15, 0.2) is 48.7 Å². The number of carbonyl (C=O) groups excluding carboxylic acids is 2. The second-order valence-electron chi connectivity index (χ2n) is 10.7. The Morgan fingerprint density at radius 3 is 2.25 bits per heavy atom. The van der Waals surface area contributed by atoms with Gasteiger partial charge in [0.25, 0.3) is 11.8 Å². The molecular formula is C33H43N3O4. The number of hydrogen-bond donors (Lipinski definition) is 1. The number of anilines is 1. The van der Waals surface area contributed by atoms with E-state index in [-0.39, 0.29) is 17.9 Å². The third-order valence-electron chi connectivity index (χ3n) is 7.57. The van der Waals surface area contributed by atoms with Crippen molar-refractivity contribution in [3.63, 3.8) is 0 Å². The van der Waals surface area contributed by atoms with Gasteiger partial charge in [0, 0.05) is 30.2 Å².